The molecule has 1 aromatic rings. The minimum atomic E-state index is -0.696. The molecule has 0 aliphatic heterocycles. The minimum Gasteiger partial charge on any atom is -0.457 e. The quantitative estimate of drug-likeness (QED) is 0.628. The van der Waals surface area contributed by atoms with Gasteiger partial charge in [0.05, 0.1) is 11.0 Å². The Bertz CT molecular complexity index is 667. The van der Waals surface area contributed by atoms with Crippen LogP contribution in [0.3, 0.4) is 0 Å². The summed E-state index contributed by atoms with van der Waals surface area (Å²) in [5.41, 5.74) is -0.729. The van der Waals surface area contributed by atoms with Gasteiger partial charge in [-0.2, -0.15) is 0 Å². The van der Waals surface area contributed by atoms with E-state index in [-0.39, 0.29) is 18.4 Å². The van der Waals surface area contributed by atoms with Crippen LogP contribution in [0.25, 0.3) is 0 Å². The zero-order valence-corrected chi connectivity index (χ0v) is 15.0. The molecule has 0 radical (unpaired) electrons. The fourth-order valence-corrected chi connectivity index (χ4v) is 5.72. The molecule has 0 amide bonds. The first-order chi connectivity index (χ1) is 11.4. The summed E-state index contributed by atoms with van der Waals surface area (Å²) in [6.07, 6.45) is 4.86. The lowest BCUT2D eigenvalue weighted by molar-refractivity contribution is -0.195. The first-order valence-corrected chi connectivity index (χ1v) is 9.35. The SMILES string of the molecule is O=C(COC(=O)C12C[C@@H]3C[C@@H](CC(O)(C3)C1)C2)c1ccc(Br)cc1. The molecule has 1 aromatic carbocycles. The number of carbonyl (C=O) groups excluding carboxylic acids is 2. The van der Waals surface area contributed by atoms with Gasteiger partial charge in [-0.05, 0) is 62.5 Å². The van der Waals surface area contributed by atoms with Crippen molar-refractivity contribution in [3.63, 3.8) is 0 Å². The molecule has 2 unspecified atom stereocenters. The Balaban J connectivity index is 1.43. The van der Waals surface area contributed by atoms with Crippen LogP contribution >= 0.6 is 15.9 Å². The second kappa shape index (κ2) is 5.67. The number of ether oxygens (including phenoxy) is 1. The zero-order valence-electron chi connectivity index (χ0n) is 13.5. The number of hydrogen-bond acceptors (Lipinski definition) is 4. The maximum Gasteiger partial charge on any atom is 0.312 e. The van der Waals surface area contributed by atoms with Crippen molar-refractivity contribution in [3.8, 4) is 0 Å². The fourth-order valence-electron chi connectivity index (χ4n) is 5.46. The van der Waals surface area contributed by atoms with Gasteiger partial charge in [0, 0.05) is 10.0 Å². The lowest BCUT2D eigenvalue weighted by atomic mass is 9.48. The van der Waals surface area contributed by atoms with E-state index in [9.17, 15) is 14.7 Å². The van der Waals surface area contributed by atoms with E-state index in [0.717, 1.165) is 36.6 Å². The van der Waals surface area contributed by atoms with Crippen LogP contribution in [-0.4, -0.2) is 29.1 Å². The van der Waals surface area contributed by atoms with Crippen molar-refractivity contribution >= 4 is 27.7 Å². The Morgan fingerprint density at radius 1 is 1.12 bits per heavy atom. The largest absolute Gasteiger partial charge is 0.457 e. The Morgan fingerprint density at radius 3 is 2.33 bits per heavy atom. The molecule has 128 valence electrons. The van der Waals surface area contributed by atoms with Crippen LogP contribution < -0.4 is 0 Å². The molecule has 5 heteroatoms. The molecular weight excluding hydrogens is 372 g/mol. The molecule has 4 aliphatic rings. The van der Waals surface area contributed by atoms with Crippen molar-refractivity contribution in [2.45, 2.75) is 44.1 Å². The topological polar surface area (TPSA) is 63.6 Å². The Kier molecular flexibility index (Phi) is 3.84. The molecule has 1 N–H and O–H groups in total. The van der Waals surface area contributed by atoms with Gasteiger partial charge in [0.1, 0.15) is 0 Å². The summed E-state index contributed by atoms with van der Waals surface area (Å²) in [6, 6.07) is 7.02. The number of hydrogen-bond donors (Lipinski definition) is 1. The third-order valence-corrected chi connectivity index (χ3v) is 6.49. The van der Waals surface area contributed by atoms with Gasteiger partial charge < -0.3 is 9.84 Å². The summed E-state index contributed by atoms with van der Waals surface area (Å²) in [5.74, 6) is 0.358. The highest BCUT2D eigenvalue weighted by molar-refractivity contribution is 9.10. The third kappa shape index (κ3) is 2.82. The standard InChI is InChI=1S/C19H21BrO4/c20-15-3-1-14(2-4-15)16(21)10-24-17(22)18-6-12-5-13(7-18)9-19(23,8-12)11-18/h1-4,12-13,23H,5-11H2/t12-,13+,18?,19?. The summed E-state index contributed by atoms with van der Waals surface area (Å²) >= 11 is 3.33. The van der Waals surface area contributed by atoms with E-state index in [4.69, 9.17) is 4.74 Å². The highest BCUT2D eigenvalue weighted by Gasteiger charge is 2.60. The molecule has 4 aliphatic carbocycles. The number of rotatable bonds is 4. The van der Waals surface area contributed by atoms with Crippen molar-refractivity contribution in [1.29, 1.82) is 0 Å². The highest BCUT2D eigenvalue weighted by atomic mass is 79.9. The van der Waals surface area contributed by atoms with Crippen LogP contribution in [0.1, 0.15) is 48.9 Å². The monoisotopic (exact) mass is 392 g/mol. The molecule has 0 heterocycles. The molecule has 0 saturated heterocycles. The molecule has 4 bridgehead atoms. The second-order valence-electron chi connectivity index (χ2n) is 7.97. The minimum absolute atomic E-state index is 0.195. The Morgan fingerprint density at radius 2 is 1.75 bits per heavy atom. The van der Waals surface area contributed by atoms with Gasteiger partial charge in [0.2, 0.25) is 0 Å². The molecular formula is C19H21BrO4. The highest BCUT2D eigenvalue weighted by Crippen LogP contribution is 2.61. The number of ketones is 1. The van der Waals surface area contributed by atoms with Crippen molar-refractivity contribution < 1.29 is 19.4 Å². The molecule has 5 rings (SSSR count). The predicted molar refractivity (Wildman–Crippen MR) is 91.5 cm³/mol. The van der Waals surface area contributed by atoms with E-state index in [1.165, 1.54) is 0 Å². The third-order valence-electron chi connectivity index (χ3n) is 5.96. The summed E-state index contributed by atoms with van der Waals surface area (Å²) in [4.78, 5) is 24.9. The van der Waals surface area contributed by atoms with Crippen LogP contribution in [0.4, 0.5) is 0 Å². The van der Waals surface area contributed by atoms with E-state index in [0.29, 0.717) is 23.8 Å². The fraction of sp³-hybridized carbons (Fsp3) is 0.579. The van der Waals surface area contributed by atoms with Crippen molar-refractivity contribution in [2.75, 3.05) is 6.61 Å². The predicted octanol–water partition coefficient (Wildman–Crippen LogP) is 3.51. The van der Waals surface area contributed by atoms with E-state index in [1.54, 1.807) is 24.3 Å². The molecule has 4 nitrogen and oxygen atoms in total. The Labute approximate surface area is 149 Å². The molecule has 4 fully saturated rings. The van der Waals surface area contributed by atoms with Crippen LogP contribution in [-0.2, 0) is 9.53 Å². The summed E-state index contributed by atoms with van der Waals surface area (Å²) in [6.45, 7) is -0.226. The van der Waals surface area contributed by atoms with Crippen molar-refractivity contribution in [3.05, 3.63) is 34.3 Å². The smallest absolute Gasteiger partial charge is 0.312 e. The molecule has 4 atom stereocenters. The first-order valence-electron chi connectivity index (χ1n) is 8.56. The van der Waals surface area contributed by atoms with Crippen molar-refractivity contribution in [2.24, 2.45) is 17.3 Å². The van der Waals surface area contributed by atoms with Crippen LogP contribution in [0.2, 0.25) is 0 Å². The zero-order chi connectivity index (χ0) is 16.9. The van der Waals surface area contributed by atoms with Gasteiger partial charge in [-0.15, -0.1) is 0 Å². The van der Waals surface area contributed by atoms with Crippen LogP contribution in [0.5, 0.6) is 0 Å². The molecule has 0 spiro atoms. The molecule has 0 aromatic heterocycles. The van der Waals surface area contributed by atoms with Crippen molar-refractivity contribution in [1.82, 2.24) is 0 Å². The number of aliphatic hydroxyl groups is 1. The summed E-state index contributed by atoms with van der Waals surface area (Å²) < 4.78 is 6.31. The van der Waals surface area contributed by atoms with Crippen LogP contribution in [0.15, 0.2) is 28.7 Å². The van der Waals surface area contributed by atoms with Gasteiger partial charge in [-0.25, -0.2) is 0 Å². The maximum atomic E-state index is 12.7. The van der Waals surface area contributed by atoms with Crippen LogP contribution in [0, 0.1) is 17.3 Å². The number of halogens is 1. The number of Topliss-reactive ketones (excluding diaryl/α,β-unsaturated/α-hetero) is 1. The number of esters is 1. The lowest BCUT2D eigenvalue weighted by Gasteiger charge is -2.58. The van der Waals surface area contributed by atoms with Gasteiger partial charge in [0.15, 0.2) is 12.4 Å². The first kappa shape index (κ1) is 16.3. The van der Waals surface area contributed by atoms with Gasteiger partial charge >= 0.3 is 5.97 Å². The molecule has 4 saturated carbocycles. The average molecular weight is 393 g/mol. The number of benzene rings is 1. The lowest BCUT2D eigenvalue weighted by Crippen LogP contribution is -2.58. The normalized spacial score (nSPS) is 36.6. The van der Waals surface area contributed by atoms with E-state index in [2.05, 4.69) is 15.9 Å². The maximum absolute atomic E-state index is 12.7. The van der Waals surface area contributed by atoms with E-state index >= 15 is 0 Å². The average Bonchev–Trinajstić information content (AvgIpc) is 2.50. The summed E-state index contributed by atoms with van der Waals surface area (Å²) in [7, 11) is 0. The molecule has 24 heavy (non-hydrogen) atoms. The van der Waals surface area contributed by atoms with Gasteiger partial charge in [-0.3, -0.25) is 9.59 Å². The van der Waals surface area contributed by atoms with E-state index in [1.807, 2.05) is 0 Å². The number of carbonyl (C=O) groups is 2. The van der Waals surface area contributed by atoms with Gasteiger partial charge in [0.25, 0.3) is 0 Å². The second-order valence-corrected chi connectivity index (χ2v) is 8.89. The van der Waals surface area contributed by atoms with Gasteiger partial charge in [-0.1, -0.05) is 28.1 Å². The van der Waals surface area contributed by atoms with E-state index < -0.39 is 11.0 Å². The summed E-state index contributed by atoms with van der Waals surface area (Å²) in [5, 5.41) is 10.7. The Hall–Kier alpha value is -1.20.